The molecule has 0 fully saturated rings. The fraction of sp³-hybridized carbons (Fsp3) is 0.857. The molecule has 0 aliphatic rings. The number of carbonyl (C=O) groups is 1. The Kier molecular flexibility index (Phi) is 6.41. The summed E-state index contributed by atoms with van der Waals surface area (Å²) in [7, 11) is 1.58. The standard InChI is InChI=1S/C7H16N2O3/c1-3-6(4-5-10)12-7(11)9-8-2/h6,8,10H,3-5H2,1-2H3,(H,9,11). The molecule has 0 aliphatic carbocycles. The highest BCUT2D eigenvalue weighted by Crippen LogP contribution is 2.02. The summed E-state index contributed by atoms with van der Waals surface area (Å²) in [5, 5.41) is 8.58. The van der Waals surface area contributed by atoms with E-state index < -0.39 is 6.09 Å². The summed E-state index contributed by atoms with van der Waals surface area (Å²) < 4.78 is 4.91. The van der Waals surface area contributed by atoms with E-state index in [1.165, 1.54) is 0 Å². The lowest BCUT2D eigenvalue weighted by atomic mass is 10.2. The molecule has 0 saturated heterocycles. The van der Waals surface area contributed by atoms with Gasteiger partial charge in [-0.2, -0.15) is 0 Å². The number of rotatable bonds is 5. The van der Waals surface area contributed by atoms with Crippen molar-refractivity contribution in [1.29, 1.82) is 0 Å². The molecule has 0 heterocycles. The number of amides is 1. The first-order valence-electron chi connectivity index (χ1n) is 3.98. The summed E-state index contributed by atoms with van der Waals surface area (Å²) in [6.07, 6.45) is 0.465. The molecule has 0 rings (SSSR count). The molecule has 0 saturated carbocycles. The second-order valence-corrected chi connectivity index (χ2v) is 2.32. The molecule has 0 aliphatic heterocycles. The van der Waals surface area contributed by atoms with Crippen LogP contribution in [0.15, 0.2) is 0 Å². The Hall–Kier alpha value is -0.810. The molecule has 5 nitrogen and oxygen atoms in total. The zero-order chi connectivity index (χ0) is 9.40. The lowest BCUT2D eigenvalue weighted by Gasteiger charge is -2.14. The zero-order valence-corrected chi connectivity index (χ0v) is 7.46. The number of hydrogen-bond acceptors (Lipinski definition) is 4. The average Bonchev–Trinajstić information content (AvgIpc) is 2.04. The summed E-state index contributed by atoms with van der Waals surface area (Å²) in [5.74, 6) is 0. The molecule has 0 aromatic heterocycles. The number of carbonyl (C=O) groups excluding carboxylic acids is 1. The third kappa shape index (κ3) is 4.92. The Morgan fingerprint density at radius 1 is 1.67 bits per heavy atom. The average molecular weight is 176 g/mol. The van der Waals surface area contributed by atoms with Gasteiger partial charge in [0.15, 0.2) is 0 Å². The lowest BCUT2D eigenvalue weighted by Crippen LogP contribution is -2.37. The van der Waals surface area contributed by atoms with Crippen molar-refractivity contribution in [3.63, 3.8) is 0 Å². The van der Waals surface area contributed by atoms with Crippen LogP contribution < -0.4 is 10.9 Å². The van der Waals surface area contributed by atoms with Crippen molar-refractivity contribution < 1.29 is 14.6 Å². The molecule has 12 heavy (non-hydrogen) atoms. The SMILES string of the molecule is CCC(CCO)OC(=O)NNC. The van der Waals surface area contributed by atoms with Crippen LogP contribution in [-0.2, 0) is 4.74 Å². The summed E-state index contributed by atoms with van der Waals surface area (Å²) >= 11 is 0. The van der Waals surface area contributed by atoms with Crippen LogP contribution in [-0.4, -0.2) is 31.0 Å². The van der Waals surface area contributed by atoms with Gasteiger partial charge in [0.25, 0.3) is 0 Å². The summed E-state index contributed by atoms with van der Waals surface area (Å²) in [6, 6.07) is 0. The van der Waals surface area contributed by atoms with Crippen LogP contribution in [0.4, 0.5) is 4.79 Å². The van der Waals surface area contributed by atoms with E-state index in [0.29, 0.717) is 12.8 Å². The zero-order valence-electron chi connectivity index (χ0n) is 7.46. The minimum atomic E-state index is -0.516. The first-order valence-corrected chi connectivity index (χ1v) is 3.98. The van der Waals surface area contributed by atoms with Gasteiger partial charge in [0, 0.05) is 20.1 Å². The van der Waals surface area contributed by atoms with E-state index in [9.17, 15) is 4.79 Å². The Bertz CT molecular complexity index is 130. The van der Waals surface area contributed by atoms with Gasteiger partial charge < -0.3 is 9.84 Å². The van der Waals surface area contributed by atoms with Gasteiger partial charge >= 0.3 is 6.09 Å². The molecule has 5 heteroatoms. The Labute approximate surface area is 72.1 Å². The molecule has 0 aromatic rings. The predicted octanol–water partition coefficient (Wildman–Crippen LogP) is 0.00800. The second kappa shape index (κ2) is 6.87. The summed E-state index contributed by atoms with van der Waals surface area (Å²) in [4.78, 5) is 10.8. The number of hydrogen-bond donors (Lipinski definition) is 3. The number of aliphatic hydroxyl groups is 1. The maximum Gasteiger partial charge on any atom is 0.421 e. The molecule has 1 unspecified atom stereocenters. The van der Waals surface area contributed by atoms with Gasteiger partial charge in [0.05, 0.1) is 0 Å². The van der Waals surface area contributed by atoms with Gasteiger partial charge in [0.1, 0.15) is 6.10 Å². The number of nitrogens with one attached hydrogen (secondary N) is 2. The van der Waals surface area contributed by atoms with Crippen LogP contribution >= 0.6 is 0 Å². The van der Waals surface area contributed by atoms with Crippen molar-refractivity contribution in [2.45, 2.75) is 25.9 Å². The number of ether oxygens (including phenoxy) is 1. The van der Waals surface area contributed by atoms with Gasteiger partial charge in [-0.05, 0) is 6.42 Å². The summed E-state index contributed by atoms with van der Waals surface area (Å²) in [5.41, 5.74) is 4.73. The third-order valence-electron chi connectivity index (χ3n) is 1.41. The molecule has 1 amide bonds. The molecule has 0 spiro atoms. The highest BCUT2D eigenvalue weighted by molar-refractivity contribution is 5.66. The van der Waals surface area contributed by atoms with Gasteiger partial charge in [-0.3, -0.25) is 5.43 Å². The van der Waals surface area contributed by atoms with Gasteiger partial charge in [0.2, 0.25) is 0 Å². The Balaban J connectivity index is 3.61. The smallest absolute Gasteiger partial charge is 0.421 e. The van der Waals surface area contributed by atoms with E-state index >= 15 is 0 Å². The quantitative estimate of drug-likeness (QED) is 0.516. The monoisotopic (exact) mass is 176 g/mol. The molecule has 72 valence electrons. The van der Waals surface area contributed by atoms with Crippen LogP contribution in [0.2, 0.25) is 0 Å². The Morgan fingerprint density at radius 3 is 2.75 bits per heavy atom. The molecular weight excluding hydrogens is 160 g/mol. The maximum absolute atomic E-state index is 10.8. The Morgan fingerprint density at radius 2 is 2.33 bits per heavy atom. The molecule has 0 aromatic carbocycles. The van der Waals surface area contributed by atoms with E-state index in [2.05, 4.69) is 10.9 Å². The van der Waals surface area contributed by atoms with Crippen molar-refractivity contribution in [3.05, 3.63) is 0 Å². The van der Waals surface area contributed by atoms with Crippen LogP contribution in [0.25, 0.3) is 0 Å². The fourth-order valence-electron chi connectivity index (χ4n) is 0.773. The lowest BCUT2D eigenvalue weighted by molar-refractivity contribution is 0.0759. The first kappa shape index (κ1) is 11.2. The van der Waals surface area contributed by atoms with Gasteiger partial charge in [-0.15, -0.1) is 0 Å². The van der Waals surface area contributed by atoms with Crippen LogP contribution in [0.5, 0.6) is 0 Å². The largest absolute Gasteiger partial charge is 0.445 e. The van der Waals surface area contributed by atoms with Crippen LogP contribution in [0, 0.1) is 0 Å². The summed E-state index contributed by atoms with van der Waals surface area (Å²) in [6.45, 7) is 1.93. The molecular formula is C7H16N2O3. The molecule has 0 radical (unpaired) electrons. The van der Waals surface area contributed by atoms with E-state index in [0.717, 1.165) is 0 Å². The van der Waals surface area contributed by atoms with Crippen molar-refractivity contribution in [2.75, 3.05) is 13.7 Å². The highest BCUT2D eigenvalue weighted by Gasteiger charge is 2.10. The molecule has 0 bridgehead atoms. The van der Waals surface area contributed by atoms with Crippen LogP contribution in [0.1, 0.15) is 19.8 Å². The molecule has 3 N–H and O–H groups in total. The van der Waals surface area contributed by atoms with Crippen molar-refractivity contribution in [1.82, 2.24) is 10.9 Å². The van der Waals surface area contributed by atoms with E-state index in [-0.39, 0.29) is 12.7 Å². The topological polar surface area (TPSA) is 70.6 Å². The van der Waals surface area contributed by atoms with Crippen molar-refractivity contribution >= 4 is 6.09 Å². The maximum atomic E-state index is 10.8. The highest BCUT2D eigenvalue weighted by atomic mass is 16.6. The fourth-order valence-corrected chi connectivity index (χ4v) is 0.773. The minimum absolute atomic E-state index is 0.0331. The number of aliphatic hydroxyl groups excluding tert-OH is 1. The van der Waals surface area contributed by atoms with E-state index in [4.69, 9.17) is 9.84 Å². The second-order valence-electron chi connectivity index (χ2n) is 2.32. The van der Waals surface area contributed by atoms with Crippen molar-refractivity contribution in [3.8, 4) is 0 Å². The normalized spacial score (nSPS) is 12.2. The van der Waals surface area contributed by atoms with E-state index in [1.807, 2.05) is 6.92 Å². The molecule has 1 atom stereocenters. The van der Waals surface area contributed by atoms with Gasteiger partial charge in [-0.25, -0.2) is 10.2 Å². The minimum Gasteiger partial charge on any atom is -0.445 e. The predicted molar refractivity (Wildman–Crippen MR) is 44.5 cm³/mol. The van der Waals surface area contributed by atoms with E-state index in [1.54, 1.807) is 7.05 Å². The van der Waals surface area contributed by atoms with Gasteiger partial charge in [-0.1, -0.05) is 6.92 Å². The third-order valence-corrected chi connectivity index (χ3v) is 1.41. The number of hydrazine groups is 1. The van der Waals surface area contributed by atoms with Crippen molar-refractivity contribution in [2.24, 2.45) is 0 Å². The first-order chi connectivity index (χ1) is 5.74. The van der Waals surface area contributed by atoms with Crippen LogP contribution in [0.3, 0.4) is 0 Å².